The van der Waals surface area contributed by atoms with E-state index in [1.807, 2.05) is 36.4 Å². The van der Waals surface area contributed by atoms with E-state index in [4.69, 9.17) is 4.52 Å². The second-order valence-corrected chi connectivity index (χ2v) is 8.07. The predicted octanol–water partition coefficient (Wildman–Crippen LogP) is 3.93. The minimum absolute atomic E-state index is 0.242. The Morgan fingerprint density at radius 1 is 1.09 bits per heavy atom. The van der Waals surface area contributed by atoms with E-state index in [0.29, 0.717) is 18.6 Å². The molecule has 5 heteroatoms. The number of hydrogen-bond donors (Lipinski definition) is 1. The number of rotatable bonds is 7. The van der Waals surface area contributed by atoms with E-state index in [1.165, 1.54) is 0 Å². The lowest BCUT2D eigenvalue weighted by atomic mass is 10.1. The summed E-state index contributed by atoms with van der Waals surface area (Å²) in [6.45, 7) is 3.73. The van der Waals surface area contributed by atoms with Gasteiger partial charge in [0.05, 0.1) is 6.61 Å². The smallest absolute Gasteiger partial charge is 0.251 e. The van der Waals surface area contributed by atoms with Crippen LogP contribution in [0.4, 0.5) is 0 Å². The molecule has 0 aliphatic carbocycles. The Morgan fingerprint density at radius 2 is 1.65 bits per heavy atom. The SMILES string of the molecule is CCOP(C)(=O)[C@@H](Cc1ccccc1)NC(=O)c1ccccc1. The van der Waals surface area contributed by atoms with Crippen LogP contribution >= 0.6 is 7.37 Å². The normalized spacial score (nSPS) is 14.7. The van der Waals surface area contributed by atoms with Crippen molar-refractivity contribution in [2.75, 3.05) is 13.3 Å². The average molecular weight is 331 g/mol. The Kier molecular flexibility index (Phi) is 6.14. The van der Waals surface area contributed by atoms with Crippen molar-refractivity contribution < 1.29 is 13.9 Å². The molecule has 0 spiro atoms. The van der Waals surface area contributed by atoms with Crippen molar-refractivity contribution >= 4 is 13.3 Å². The van der Waals surface area contributed by atoms with Crippen molar-refractivity contribution in [1.29, 1.82) is 0 Å². The zero-order valence-corrected chi connectivity index (χ0v) is 14.3. The van der Waals surface area contributed by atoms with Crippen LogP contribution in [0.25, 0.3) is 0 Å². The lowest BCUT2D eigenvalue weighted by Crippen LogP contribution is -2.36. The lowest BCUT2D eigenvalue weighted by molar-refractivity contribution is 0.0945. The maximum atomic E-state index is 12.8. The van der Waals surface area contributed by atoms with Crippen LogP contribution in [0.5, 0.6) is 0 Å². The van der Waals surface area contributed by atoms with Crippen LogP contribution in [0.1, 0.15) is 22.8 Å². The molecule has 1 unspecified atom stereocenters. The molecule has 2 aromatic rings. The zero-order valence-electron chi connectivity index (χ0n) is 13.4. The van der Waals surface area contributed by atoms with Crippen LogP contribution in [-0.2, 0) is 15.5 Å². The Bertz CT molecular complexity index is 673. The van der Waals surface area contributed by atoms with E-state index in [2.05, 4.69) is 5.32 Å². The molecule has 0 saturated heterocycles. The highest BCUT2D eigenvalue weighted by molar-refractivity contribution is 7.58. The first-order valence-electron chi connectivity index (χ1n) is 7.64. The molecule has 4 nitrogen and oxygen atoms in total. The van der Waals surface area contributed by atoms with Crippen LogP contribution < -0.4 is 5.32 Å². The van der Waals surface area contributed by atoms with Crippen molar-refractivity contribution in [2.24, 2.45) is 0 Å². The highest BCUT2D eigenvalue weighted by atomic mass is 31.2. The van der Waals surface area contributed by atoms with Gasteiger partial charge in [-0.05, 0) is 24.6 Å². The van der Waals surface area contributed by atoms with Gasteiger partial charge in [0.1, 0.15) is 5.78 Å². The molecule has 0 aliphatic heterocycles. The summed E-state index contributed by atoms with van der Waals surface area (Å²) in [5.41, 5.74) is 1.55. The molecular formula is C18H22NO3P. The first-order valence-corrected chi connectivity index (χ1v) is 9.78. The number of amides is 1. The fourth-order valence-electron chi connectivity index (χ4n) is 2.34. The van der Waals surface area contributed by atoms with Crippen LogP contribution in [0.15, 0.2) is 60.7 Å². The molecule has 0 heterocycles. The largest absolute Gasteiger partial charge is 0.340 e. The number of nitrogens with one attached hydrogen (secondary N) is 1. The molecule has 0 saturated carbocycles. The Hall–Kier alpha value is -1.90. The lowest BCUT2D eigenvalue weighted by Gasteiger charge is -2.25. The molecule has 0 aromatic heterocycles. The van der Waals surface area contributed by atoms with Crippen molar-refractivity contribution in [3.05, 3.63) is 71.8 Å². The molecule has 1 amide bonds. The van der Waals surface area contributed by atoms with Gasteiger partial charge in [0.25, 0.3) is 5.91 Å². The average Bonchev–Trinajstić information content (AvgIpc) is 2.56. The van der Waals surface area contributed by atoms with Gasteiger partial charge in [-0.15, -0.1) is 0 Å². The van der Waals surface area contributed by atoms with Crippen molar-refractivity contribution in [2.45, 2.75) is 19.1 Å². The van der Waals surface area contributed by atoms with E-state index in [0.717, 1.165) is 5.56 Å². The monoisotopic (exact) mass is 331 g/mol. The third kappa shape index (κ3) is 5.05. The first kappa shape index (κ1) is 17.5. The van der Waals surface area contributed by atoms with Crippen LogP contribution in [-0.4, -0.2) is 25.0 Å². The Balaban J connectivity index is 2.20. The van der Waals surface area contributed by atoms with Crippen LogP contribution in [0, 0.1) is 0 Å². The third-order valence-corrected chi connectivity index (χ3v) is 5.77. The highest BCUT2D eigenvalue weighted by Crippen LogP contribution is 2.48. The Labute approximate surface area is 137 Å². The zero-order chi connectivity index (χ0) is 16.7. The molecule has 2 atom stereocenters. The molecule has 0 aliphatic rings. The highest BCUT2D eigenvalue weighted by Gasteiger charge is 2.30. The van der Waals surface area contributed by atoms with Gasteiger partial charge in [-0.2, -0.15) is 0 Å². The van der Waals surface area contributed by atoms with Gasteiger partial charge in [0.2, 0.25) is 7.37 Å². The molecule has 0 fully saturated rings. The van der Waals surface area contributed by atoms with Gasteiger partial charge in [-0.3, -0.25) is 9.36 Å². The molecule has 122 valence electrons. The number of hydrogen-bond acceptors (Lipinski definition) is 3. The molecule has 23 heavy (non-hydrogen) atoms. The van der Waals surface area contributed by atoms with Gasteiger partial charge in [0, 0.05) is 18.6 Å². The van der Waals surface area contributed by atoms with Crippen molar-refractivity contribution in [1.82, 2.24) is 5.32 Å². The van der Waals surface area contributed by atoms with Gasteiger partial charge >= 0.3 is 0 Å². The van der Waals surface area contributed by atoms with Crippen molar-refractivity contribution in [3.63, 3.8) is 0 Å². The summed E-state index contributed by atoms with van der Waals surface area (Å²) in [5.74, 6) is -0.800. The van der Waals surface area contributed by atoms with Crippen LogP contribution in [0.2, 0.25) is 0 Å². The van der Waals surface area contributed by atoms with E-state index in [1.54, 1.807) is 37.9 Å². The number of carbonyl (C=O) groups excluding carboxylic acids is 1. The molecule has 2 aromatic carbocycles. The number of benzene rings is 2. The second-order valence-electron chi connectivity index (χ2n) is 5.37. The maximum absolute atomic E-state index is 12.8. The van der Waals surface area contributed by atoms with Crippen molar-refractivity contribution in [3.8, 4) is 0 Å². The molecular weight excluding hydrogens is 309 g/mol. The maximum Gasteiger partial charge on any atom is 0.251 e. The fraction of sp³-hybridized carbons (Fsp3) is 0.278. The molecule has 2 rings (SSSR count). The summed E-state index contributed by atoms with van der Waals surface area (Å²) in [6.07, 6.45) is 0.465. The standard InChI is InChI=1S/C18H22NO3P/c1-3-22-23(2,21)17(14-15-10-6-4-7-11-15)19-18(20)16-12-8-5-9-13-16/h4-13,17H,3,14H2,1-2H3,(H,19,20)/t17-,23?/m0/s1. The van der Waals surface area contributed by atoms with Gasteiger partial charge in [0.15, 0.2) is 0 Å². The molecule has 0 bridgehead atoms. The second kappa shape index (κ2) is 8.09. The van der Waals surface area contributed by atoms with E-state index in [-0.39, 0.29) is 5.91 Å². The summed E-state index contributed by atoms with van der Waals surface area (Å²) in [6, 6.07) is 18.6. The first-order chi connectivity index (χ1) is 11.0. The van der Waals surface area contributed by atoms with Gasteiger partial charge in [-0.25, -0.2) is 0 Å². The van der Waals surface area contributed by atoms with E-state index >= 15 is 0 Å². The quantitative estimate of drug-likeness (QED) is 0.782. The summed E-state index contributed by atoms with van der Waals surface area (Å²) in [7, 11) is -2.97. The van der Waals surface area contributed by atoms with Crippen LogP contribution in [0.3, 0.4) is 0 Å². The number of carbonyl (C=O) groups is 1. The summed E-state index contributed by atoms with van der Waals surface area (Å²) >= 11 is 0. The minimum atomic E-state index is -2.97. The minimum Gasteiger partial charge on any atom is -0.340 e. The van der Waals surface area contributed by atoms with Gasteiger partial charge < -0.3 is 9.84 Å². The Morgan fingerprint density at radius 3 is 2.22 bits per heavy atom. The predicted molar refractivity (Wildman–Crippen MR) is 93.0 cm³/mol. The summed E-state index contributed by atoms with van der Waals surface area (Å²) in [5, 5.41) is 2.88. The van der Waals surface area contributed by atoms with Gasteiger partial charge in [-0.1, -0.05) is 48.5 Å². The molecule has 0 radical (unpaired) electrons. The molecule has 1 N–H and O–H groups in total. The summed E-state index contributed by atoms with van der Waals surface area (Å²) in [4.78, 5) is 12.4. The fourth-order valence-corrected chi connectivity index (χ4v) is 3.93. The van der Waals surface area contributed by atoms with E-state index < -0.39 is 13.2 Å². The van der Waals surface area contributed by atoms with E-state index in [9.17, 15) is 9.36 Å². The summed E-state index contributed by atoms with van der Waals surface area (Å²) < 4.78 is 18.3. The topological polar surface area (TPSA) is 55.4 Å². The third-order valence-electron chi connectivity index (χ3n) is 3.56.